The highest BCUT2D eigenvalue weighted by molar-refractivity contribution is 7.80. The van der Waals surface area contributed by atoms with Gasteiger partial charge in [-0.3, -0.25) is 0 Å². The summed E-state index contributed by atoms with van der Waals surface area (Å²) in [6.45, 7) is 21.5. The fraction of sp³-hybridized carbons (Fsp3) is 0.214. The van der Waals surface area contributed by atoms with Crippen molar-refractivity contribution in [2.24, 2.45) is 0 Å². The minimum atomic E-state index is -0.852. The number of rotatable bonds is 7. The summed E-state index contributed by atoms with van der Waals surface area (Å²) < 4.78 is 0. The maximum absolute atomic E-state index is 2.42. The Labute approximate surface area is 358 Å². The molecule has 3 heteroatoms. The van der Waals surface area contributed by atoms with Crippen LogP contribution in [0.25, 0.3) is 32.7 Å². The Morgan fingerprint density at radius 1 is 0.271 bits per heavy atom. The van der Waals surface area contributed by atoms with Gasteiger partial charge >= 0.3 is 0 Å². The van der Waals surface area contributed by atoms with Crippen LogP contribution in [0.2, 0.25) is 0 Å². The van der Waals surface area contributed by atoms with Crippen LogP contribution in [0, 0.1) is 0 Å². The average Bonchev–Trinajstić information content (AvgIpc) is 3.21. The van der Waals surface area contributed by atoms with Gasteiger partial charge in [0.15, 0.2) is 0 Å². The minimum absolute atomic E-state index is 0.0162. The lowest BCUT2D eigenvalue weighted by atomic mass is 9.93. The van der Waals surface area contributed by atoms with E-state index >= 15 is 0 Å². The van der Waals surface area contributed by atoms with Gasteiger partial charge in [0.2, 0.25) is 0 Å². The maximum atomic E-state index is 2.42. The zero-order valence-corrected chi connectivity index (χ0v) is 39.0. The molecular formula is C56H59P3. The molecule has 0 aliphatic carbocycles. The SMILES string of the molecule is CC(C)(C)P(C(C)(C)C)C(C)(C)C.c1ccc(P(c2ccccc2)c2ccc3ccccc3c2-c2c(P(c3ccccc3)c3ccccc3)ccc3ccccc23)cc1. The highest BCUT2D eigenvalue weighted by Crippen LogP contribution is 2.67. The first-order chi connectivity index (χ1) is 28.2. The molecule has 0 saturated carbocycles. The van der Waals surface area contributed by atoms with Crippen molar-refractivity contribution in [2.75, 3.05) is 0 Å². The topological polar surface area (TPSA) is 0 Å². The normalized spacial score (nSPS) is 12.3. The van der Waals surface area contributed by atoms with Gasteiger partial charge < -0.3 is 0 Å². The summed E-state index contributed by atoms with van der Waals surface area (Å²) in [5, 5.41) is 14.7. The van der Waals surface area contributed by atoms with Gasteiger partial charge in [0, 0.05) is 0 Å². The second-order valence-corrected chi connectivity index (χ2v) is 27.3. The lowest BCUT2D eigenvalue weighted by Crippen LogP contribution is -2.34. The fourth-order valence-corrected chi connectivity index (χ4v) is 20.6. The van der Waals surface area contributed by atoms with E-state index in [0.717, 1.165) is 0 Å². The van der Waals surface area contributed by atoms with Crippen LogP contribution in [-0.2, 0) is 0 Å². The van der Waals surface area contributed by atoms with Gasteiger partial charge in [-0.05, 0) is 95.8 Å². The molecular weight excluding hydrogens is 766 g/mol. The molecule has 0 aromatic heterocycles. The Bertz CT molecular complexity index is 2320. The van der Waals surface area contributed by atoms with E-state index < -0.39 is 15.8 Å². The van der Waals surface area contributed by atoms with Crippen molar-refractivity contribution >= 4 is 77.1 Å². The zero-order valence-electron chi connectivity index (χ0n) is 36.3. The van der Waals surface area contributed by atoms with Crippen molar-refractivity contribution in [1.29, 1.82) is 0 Å². The minimum Gasteiger partial charge on any atom is -0.0901 e. The van der Waals surface area contributed by atoms with Gasteiger partial charge in [0.1, 0.15) is 0 Å². The monoisotopic (exact) mass is 824 g/mol. The van der Waals surface area contributed by atoms with Gasteiger partial charge in [0.25, 0.3) is 0 Å². The molecule has 0 atom stereocenters. The third kappa shape index (κ3) is 9.64. The quantitative estimate of drug-likeness (QED) is 0.140. The van der Waals surface area contributed by atoms with E-state index in [2.05, 4.69) is 256 Å². The standard InChI is InChI=1S/C44H32P2.C12H27P/c1-5-19-35(20-6-1)45(36-21-7-2-8-22-36)41-31-29-33-17-13-15-27-39(33)43(41)44-40-28-16-14-18-34(40)30-32-42(44)46(37-23-9-3-10-24-37)38-25-11-4-12-26-38;1-10(2,3)13(11(4,5)6)12(7,8)9/h1-32H;1-9H3. The third-order valence-electron chi connectivity index (χ3n) is 10.6. The van der Waals surface area contributed by atoms with Crippen molar-refractivity contribution in [1.82, 2.24) is 0 Å². The summed E-state index contributed by atoms with van der Waals surface area (Å²) in [5.74, 6) is 0. The first-order valence-corrected chi connectivity index (χ1v) is 24.9. The van der Waals surface area contributed by atoms with Gasteiger partial charge in [0.05, 0.1) is 0 Å². The molecule has 0 bridgehead atoms. The first-order valence-electron chi connectivity index (χ1n) is 20.9. The third-order valence-corrected chi connectivity index (χ3v) is 19.6. The van der Waals surface area contributed by atoms with Crippen molar-refractivity contribution in [3.63, 3.8) is 0 Å². The van der Waals surface area contributed by atoms with Crippen LogP contribution >= 0.6 is 23.8 Å². The second-order valence-electron chi connectivity index (χ2n) is 18.2. The van der Waals surface area contributed by atoms with E-state index in [0.29, 0.717) is 15.5 Å². The summed E-state index contributed by atoms with van der Waals surface area (Å²) in [5.41, 5.74) is 2.70. The number of hydrogen-bond donors (Lipinski definition) is 0. The van der Waals surface area contributed by atoms with Crippen LogP contribution in [0.3, 0.4) is 0 Å². The van der Waals surface area contributed by atoms with Crippen molar-refractivity contribution in [2.45, 2.75) is 77.8 Å². The van der Waals surface area contributed by atoms with E-state index in [1.807, 2.05) is 0 Å². The molecule has 0 heterocycles. The molecule has 0 saturated heterocycles. The largest absolute Gasteiger partial charge is 0.0901 e. The van der Waals surface area contributed by atoms with Crippen LogP contribution in [-0.4, -0.2) is 15.5 Å². The van der Waals surface area contributed by atoms with Crippen LogP contribution in [0.1, 0.15) is 62.3 Å². The lowest BCUT2D eigenvalue weighted by molar-refractivity contribution is 0.644. The summed E-state index contributed by atoms with van der Waals surface area (Å²) in [7, 11) is -1.69. The van der Waals surface area contributed by atoms with E-state index in [9.17, 15) is 0 Å². The van der Waals surface area contributed by atoms with Crippen molar-refractivity contribution in [3.05, 3.63) is 194 Å². The van der Waals surface area contributed by atoms with Crippen LogP contribution < -0.4 is 31.8 Å². The number of fused-ring (bicyclic) bond motifs is 2. The molecule has 298 valence electrons. The molecule has 0 aliphatic heterocycles. The van der Waals surface area contributed by atoms with Crippen molar-refractivity contribution in [3.8, 4) is 11.1 Å². The van der Waals surface area contributed by atoms with Crippen LogP contribution in [0.15, 0.2) is 194 Å². The fourth-order valence-electron chi connectivity index (χ4n) is 9.60. The summed E-state index contributed by atoms with van der Waals surface area (Å²) in [6.07, 6.45) is 0. The lowest BCUT2D eigenvalue weighted by Gasteiger charge is -2.49. The highest BCUT2D eigenvalue weighted by Gasteiger charge is 2.41. The summed E-state index contributed by atoms with van der Waals surface area (Å²) in [6, 6.07) is 71.8. The smallest absolute Gasteiger partial charge is 0.000884 e. The predicted octanol–water partition coefficient (Wildman–Crippen LogP) is 14.0. The molecule has 0 fully saturated rings. The van der Waals surface area contributed by atoms with E-state index in [1.165, 1.54) is 64.5 Å². The Kier molecular flexibility index (Phi) is 13.1. The van der Waals surface area contributed by atoms with E-state index in [-0.39, 0.29) is 7.92 Å². The molecule has 0 N–H and O–H groups in total. The highest BCUT2D eigenvalue weighted by atomic mass is 31.1. The number of hydrogen-bond acceptors (Lipinski definition) is 0. The molecule has 8 aromatic carbocycles. The van der Waals surface area contributed by atoms with E-state index in [4.69, 9.17) is 0 Å². The Hall–Kier alpha value is -4.43. The predicted molar refractivity (Wildman–Crippen MR) is 270 cm³/mol. The summed E-state index contributed by atoms with van der Waals surface area (Å²) >= 11 is 0. The molecule has 0 amide bonds. The van der Waals surface area contributed by atoms with Crippen LogP contribution in [0.5, 0.6) is 0 Å². The molecule has 8 aromatic rings. The van der Waals surface area contributed by atoms with Gasteiger partial charge in [-0.1, -0.05) is 264 Å². The van der Waals surface area contributed by atoms with Gasteiger partial charge in [-0.2, -0.15) is 0 Å². The Balaban J connectivity index is 0.000000352. The number of benzene rings is 8. The van der Waals surface area contributed by atoms with Crippen molar-refractivity contribution < 1.29 is 0 Å². The molecule has 0 aliphatic rings. The maximum Gasteiger partial charge on any atom is -0.000884 e. The molecule has 59 heavy (non-hydrogen) atoms. The molecule has 0 radical (unpaired) electrons. The molecule has 0 spiro atoms. The van der Waals surface area contributed by atoms with Gasteiger partial charge in [-0.15, -0.1) is 0 Å². The van der Waals surface area contributed by atoms with E-state index in [1.54, 1.807) is 0 Å². The Morgan fingerprint density at radius 3 is 0.780 bits per heavy atom. The Morgan fingerprint density at radius 2 is 0.525 bits per heavy atom. The first kappa shape index (κ1) is 42.7. The van der Waals surface area contributed by atoms with Gasteiger partial charge in [-0.25, -0.2) is 0 Å². The zero-order chi connectivity index (χ0) is 41.8. The molecule has 0 nitrogen and oxygen atoms in total. The average molecular weight is 825 g/mol. The second kappa shape index (κ2) is 18.0. The summed E-state index contributed by atoms with van der Waals surface area (Å²) in [4.78, 5) is 0. The molecule has 0 unspecified atom stereocenters. The molecule has 8 rings (SSSR count). The van der Waals surface area contributed by atoms with Crippen LogP contribution in [0.4, 0.5) is 0 Å².